The number of carbonyl (C=O) groups is 1. The number of aryl methyl sites for hydroxylation is 2. The topological polar surface area (TPSA) is 50.8 Å². The number of hydrogen-bond acceptors (Lipinski definition) is 4. The highest BCUT2D eigenvalue weighted by molar-refractivity contribution is 5.77. The Labute approximate surface area is 171 Å². The van der Waals surface area contributed by atoms with Gasteiger partial charge in [0, 0.05) is 19.6 Å². The average molecular weight is 400 g/mol. The van der Waals surface area contributed by atoms with Crippen LogP contribution in [0.15, 0.2) is 36.4 Å². The maximum absolute atomic E-state index is 14.6. The zero-order valence-corrected chi connectivity index (χ0v) is 17.5. The van der Waals surface area contributed by atoms with Gasteiger partial charge in [-0.25, -0.2) is 4.39 Å². The first-order chi connectivity index (χ1) is 13.8. The summed E-state index contributed by atoms with van der Waals surface area (Å²) in [4.78, 5) is 14.1. The molecule has 0 radical (unpaired) electrons. The Morgan fingerprint density at radius 3 is 2.52 bits per heavy atom. The number of amides is 1. The minimum Gasteiger partial charge on any atom is -0.484 e. The molecule has 2 unspecified atom stereocenters. The van der Waals surface area contributed by atoms with Gasteiger partial charge in [0.1, 0.15) is 11.6 Å². The summed E-state index contributed by atoms with van der Waals surface area (Å²) in [6.07, 6.45) is 0.129. The fourth-order valence-corrected chi connectivity index (χ4v) is 3.50. The molecule has 6 heteroatoms. The van der Waals surface area contributed by atoms with Gasteiger partial charge in [-0.2, -0.15) is 0 Å². The lowest BCUT2D eigenvalue weighted by molar-refractivity contribution is -0.123. The van der Waals surface area contributed by atoms with Gasteiger partial charge in [0.05, 0.1) is 17.9 Å². The third kappa shape index (κ3) is 5.70. The van der Waals surface area contributed by atoms with E-state index >= 15 is 0 Å². The summed E-state index contributed by atoms with van der Waals surface area (Å²) in [6.45, 7) is 9.50. The van der Waals surface area contributed by atoms with Crippen LogP contribution in [0.4, 0.5) is 10.1 Å². The Morgan fingerprint density at radius 1 is 1.14 bits per heavy atom. The van der Waals surface area contributed by atoms with Crippen LogP contribution in [-0.2, 0) is 16.1 Å². The van der Waals surface area contributed by atoms with Crippen molar-refractivity contribution in [2.24, 2.45) is 0 Å². The predicted molar refractivity (Wildman–Crippen MR) is 112 cm³/mol. The zero-order valence-electron chi connectivity index (χ0n) is 17.5. The molecule has 1 fully saturated rings. The molecule has 0 spiro atoms. The second-order valence-electron chi connectivity index (χ2n) is 7.76. The maximum atomic E-state index is 14.6. The second-order valence-corrected chi connectivity index (χ2v) is 7.76. The van der Waals surface area contributed by atoms with Gasteiger partial charge >= 0.3 is 0 Å². The van der Waals surface area contributed by atoms with Gasteiger partial charge in [-0.3, -0.25) is 4.79 Å². The molecule has 0 saturated carbocycles. The Kier molecular flexibility index (Phi) is 6.75. The van der Waals surface area contributed by atoms with Crippen LogP contribution in [0.25, 0.3) is 0 Å². The molecule has 1 amide bonds. The van der Waals surface area contributed by atoms with Crippen molar-refractivity contribution in [2.75, 3.05) is 24.6 Å². The summed E-state index contributed by atoms with van der Waals surface area (Å²) in [5.41, 5.74) is 3.57. The number of hydrogen-bond donors (Lipinski definition) is 1. The Balaban J connectivity index is 1.52. The lowest BCUT2D eigenvalue weighted by Crippen LogP contribution is -2.45. The number of rotatable bonds is 6. The van der Waals surface area contributed by atoms with E-state index < -0.39 is 0 Å². The molecule has 2 aromatic carbocycles. The molecule has 5 nitrogen and oxygen atoms in total. The largest absolute Gasteiger partial charge is 0.484 e. The van der Waals surface area contributed by atoms with Crippen molar-refractivity contribution in [1.82, 2.24) is 5.32 Å². The minimum absolute atomic E-state index is 0.0643. The van der Waals surface area contributed by atoms with Gasteiger partial charge in [-0.15, -0.1) is 0 Å². The van der Waals surface area contributed by atoms with Crippen molar-refractivity contribution in [2.45, 2.75) is 46.4 Å². The molecule has 1 heterocycles. The third-order valence-electron chi connectivity index (χ3n) is 5.11. The third-order valence-corrected chi connectivity index (χ3v) is 5.11. The Bertz CT molecular complexity index is 861. The Morgan fingerprint density at radius 2 is 1.86 bits per heavy atom. The monoisotopic (exact) mass is 400 g/mol. The number of halogens is 1. The number of anilines is 1. The molecule has 1 aliphatic heterocycles. The molecule has 1 N–H and O–H groups in total. The number of morpholine rings is 1. The molecule has 29 heavy (non-hydrogen) atoms. The number of nitrogens with zero attached hydrogens (tertiary/aromatic N) is 1. The van der Waals surface area contributed by atoms with Crippen LogP contribution in [0.2, 0.25) is 0 Å². The van der Waals surface area contributed by atoms with Crippen LogP contribution in [0.3, 0.4) is 0 Å². The molecule has 1 aliphatic rings. The molecule has 3 rings (SSSR count). The highest BCUT2D eigenvalue weighted by Crippen LogP contribution is 2.24. The zero-order chi connectivity index (χ0) is 21.0. The van der Waals surface area contributed by atoms with Crippen LogP contribution in [0.5, 0.6) is 5.75 Å². The van der Waals surface area contributed by atoms with Crippen molar-refractivity contribution in [3.63, 3.8) is 0 Å². The van der Waals surface area contributed by atoms with Gasteiger partial charge in [-0.1, -0.05) is 12.1 Å². The number of ether oxygens (including phenoxy) is 2. The van der Waals surface area contributed by atoms with Crippen LogP contribution in [0.1, 0.15) is 30.5 Å². The fourth-order valence-electron chi connectivity index (χ4n) is 3.50. The fraction of sp³-hybridized carbons (Fsp3) is 0.435. The van der Waals surface area contributed by atoms with E-state index in [2.05, 4.69) is 5.32 Å². The van der Waals surface area contributed by atoms with Crippen molar-refractivity contribution >= 4 is 11.6 Å². The minimum atomic E-state index is -0.288. The van der Waals surface area contributed by atoms with E-state index in [1.165, 1.54) is 11.6 Å². The van der Waals surface area contributed by atoms with E-state index in [9.17, 15) is 9.18 Å². The lowest BCUT2D eigenvalue weighted by atomic mass is 10.1. The van der Waals surface area contributed by atoms with E-state index in [0.29, 0.717) is 30.1 Å². The highest BCUT2D eigenvalue weighted by atomic mass is 19.1. The van der Waals surface area contributed by atoms with Crippen LogP contribution in [0, 0.1) is 19.7 Å². The van der Waals surface area contributed by atoms with Gasteiger partial charge < -0.3 is 19.7 Å². The van der Waals surface area contributed by atoms with Gasteiger partial charge in [0.2, 0.25) is 0 Å². The Hall–Kier alpha value is -2.60. The van der Waals surface area contributed by atoms with Gasteiger partial charge in [-0.05, 0) is 68.7 Å². The molecule has 2 aromatic rings. The van der Waals surface area contributed by atoms with E-state index in [4.69, 9.17) is 9.47 Å². The van der Waals surface area contributed by atoms with E-state index in [0.717, 1.165) is 5.56 Å². The van der Waals surface area contributed by atoms with Gasteiger partial charge in [0.15, 0.2) is 6.61 Å². The summed E-state index contributed by atoms with van der Waals surface area (Å²) in [5, 5.41) is 2.77. The van der Waals surface area contributed by atoms with Gasteiger partial charge in [0.25, 0.3) is 5.91 Å². The SMILES string of the molecule is Cc1ccc(OCC(=O)NCc2ccc(N3CC(C)OC(C)C3)c(F)c2)cc1C. The number of carbonyl (C=O) groups excluding carboxylic acids is 1. The number of nitrogens with one attached hydrogen (secondary N) is 1. The summed E-state index contributed by atoms with van der Waals surface area (Å²) in [6, 6.07) is 10.8. The summed E-state index contributed by atoms with van der Waals surface area (Å²) in [7, 11) is 0. The molecule has 0 aliphatic carbocycles. The van der Waals surface area contributed by atoms with Crippen molar-refractivity contribution < 1.29 is 18.7 Å². The lowest BCUT2D eigenvalue weighted by Gasteiger charge is -2.37. The second kappa shape index (κ2) is 9.27. The summed E-state index contributed by atoms with van der Waals surface area (Å²) < 4.78 is 25.9. The van der Waals surface area contributed by atoms with E-state index in [-0.39, 0.29) is 37.1 Å². The highest BCUT2D eigenvalue weighted by Gasteiger charge is 2.24. The molecule has 1 saturated heterocycles. The molecular formula is C23H29FN2O3. The standard InChI is InChI=1S/C23H29FN2O3/c1-15-5-7-20(9-16(15)2)28-14-23(27)25-11-19-6-8-22(21(24)10-19)26-12-17(3)29-18(4)13-26/h5-10,17-18H,11-14H2,1-4H3,(H,25,27). The van der Waals surface area contributed by atoms with E-state index in [1.54, 1.807) is 6.07 Å². The smallest absolute Gasteiger partial charge is 0.258 e. The number of benzene rings is 2. The first-order valence-corrected chi connectivity index (χ1v) is 9.97. The normalized spacial score (nSPS) is 19.1. The average Bonchev–Trinajstić information content (AvgIpc) is 2.66. The first kappa shape index (κ1) is 21.1. The molecule has 156 valence electrons. The first-order valence-electron chi connectivity index (χ1n) is 9.97. The molecule has 2 atom stereocenters. The van der Waals surface area contributed by atoms with Crippen LogP contribution in [-0.4, -0.2) is 37.8 Å². The summed E-state index contributed by atoms with van der Waals surface area (Å²) in [5.74, 6) is 0.126. The maximum Gasteiger partial charge on any atom is 0.258 e. The van der Waals surface area contributed by atoms with Crippen molar-refractivity contribution in [3.05, 3.63) is 58.9 Å². The van der Waals surface area contributed by atoms with Crippen LogP contribution >= 0.6 is 0 Å². The molecule has 0 bridgehead atoms. The quantitative estimate of drug-likeness (QED) is 0.802. The predicted octanol–water partition coefficient (Wildman–Crippen LogP) is 3.75. The van der Waals surface area contributed by atoms with Crippen LogP contribution < -0.4 is 15.0 Å². The molecule has 0 aromatic heterocycles. The van der Waals surface area contributed by atoms with Crippen molar-refractivity contribution in [3.8, 4) is 5.75 Å². The van der Waals surface area contributed by atoms with E-state index in [1.807, 2.05) is 56.9 Å². The molecular weight excluding hydrogens is 371 g/mol. The summed E-state index contributed by atoms with van der Waals surface area (Å²) >= 11 is 0. The van der Waals surface area contributed by atoms with Crippen molar-refractivity contribution in [1.29, 1.82) is 0 Å².